The van der Waals surface area contributed by atoms with E-state index in [0.717, 1.165) is 11.4 Å². The van der Waals surface area contributed by atoms with Crippen LogP contribution in [0.1, 0.15) is 11.3 Å². The Balaban J connectivity index is 1.97. The molecular weight excluding hydrogens is 224 g/mol. The molecule has 4 heteroatoms. The number of furan rings is 1. The van der Waals surface area contributed by atoms with Crippen LogP contribution in [-0.4, -0.2) is 0 Å². The van der Waals surface area contributed by atoms with Crippen LogP contribution in [0.25, 0.3) is 0 Å². The minimum Gasteiger partial charge on any atom is -0.448 e. The number of hydrogen-bond acceptors (Lipinski definition) is 3. The second kappa shape index (κ2) is 4.73. The summed E-state index contributed by atoms with van der Waals surface area (Å²) in [5, 5.41) is 12.2. The zero-order valence-corrected chi connectivity index (χ0v) is 9.16. The van der Waals surface area contributed by atoms with Gasteiger partial charge in [-0.3, -0.25) is 0 Å². The lowest BCUT2D eigenvalue weighted by atomic mass is 10.2. The molecule has 0 fully saturated rings. The standard InChI is InChI=1S/C12H9ClN2O/c13-12-6-5-11(16-12)8-15-10-3-1-9(7-14)2-4-10/h1-6,15H,8H2. The predicted octanol–water partition coefficient (Wildman–Crippen LogP) is 3.42. The van der Waals surface area contributed by atoms with Crippen LogP contribution in [0.4, 0.5) is 5.69 Å². The molecule has 80 valence electrons. The van der Waals surface area contributed by atoms with E-state index < -0.39 is 0 Å². The number of nitrogens with one attached hydrogen (secondary N) is 1. The molecule has 0 unspecified atom stereocenters. The molecule has 1 aromatic carbocycles. The lowest BCUT2D eigenvalue weighted by Gasteiger charge is -2.03. The van der Waals surface area contributed by atoms with E-state index in [9.17, 15) is 0 Å². The van der Waals surface area contributed by atoms with Crippen molar-refractivity contribution in [3.8, 4) is 6.07 Å². The highest BCUT2D eigenvalue weighted by Crippen LogP contribution is 2.15. The topological polar surface area (TPSA) is 49.0 Å². The number of nitriles is 1. The molecule has 0 bridgehead atoms. The van der Waals surface area contributed by atoms with Crippen molar-refractivity contribution in [1.29, 1.82) is 5.26 Å². The fourth-order valence-corrected chi connectivity index (χ4v) is 1.46. The summed E-state index contributed by atoms with van der Waals surface area (Å²) in [6, 6.07) is 12.8. The number of hydrogen-bond donors (Lipinski definition) is 1. The molecule has 0 aliphatic carbocycles. The lowest BCUT2D eigenvalue weighted by Crippen LogP contribution is -1.97. The van der Waals surface area contributed by atoms with E-state index in [1.165, 1.54) is 0 Å². The molecule has 1 N–H and O–H groups in total. The van der Waals surface area contributed by atoms with E-state index in [0.29, 0.717) is 17.3 Å². The number of benzene rings is 1. The van der Waals surface area contributed by atoms with Crippen LogP contribution < -0.4 is 5.32 Å². The van der Waals surface area contributed by atoms with E-state index in [2.05, 4.69) is 11.4 Å². The molecule has 3 nitrogen and oxygen atoms in total. The first kappa shape index (κ1) is 10.6. The van der Waals surface area contributed by atoms with Crippen molar-refractivity contribution in [2.24, 2.45) is 0 Å². The van der Waals surface area contributed by atoms with Crippen molar-refractivity contribution < 1.29 is 4.42 Å². The summed E-state index contributed by atoms with van der Waals surface area (Å²) in [7, 11) is 0. The summed E-state index contributed by atoms with van der Waals surface area (Å²) < 4.78 is 5.20. The Hall–Kier alpha value is -1.92. The molecule has 2 aromatic rings. The summed E-state index contributed by atoms with van der Waals surface area (Å²) in [6.07, 6.45) is 0. The molecule has 2 rings (SSSR count). The molecule has 0 spiro atoms. The first-order valence-electron chi connectivity index (χ1n) is 4.76. The molecule has 0 saturated heterocycles. The molecule has 0 atom stereocenters. The van der Waals surface area contributed by atoms with Crippen molar-refractivity contribution in [1.82, 2.24) is 0 Å². The van der Waals surface area contributed by atoms with Gasteiger partial charge in [0.1, 0.15) is 5.76 Å². The summed E-state index contributed by atoms with van der Waals surface area (Å²) in [5.41, 5.74) is 1.58. The first-order valence-corrected chi connectivity index (χ1v) is 5.14. The monoisotopic (exact) mass is 232 g/mol. The highest BCUT2D eigenvalue weighted by atomic mass is 35.5. The van der Waals surface area contributed by atoms with Crippen molar-refractivity contribution >= 4 is 17.3 Å². The SMILES string of the molecule is N#Cc1ccc(NCc2ccc(Cl)o2)cc1. The van der Waals surface area contributed by atoms with Crippen LogP contribution in [0.5, 0.6) is 0 Å². The lowest BCUT2D eigenvalue weighted by molar-refractivity contribution is 0.520. The third-order valence-corrected chi connectivity index (χ3v) is 2.31. The van der Waals surface area contributed by atoms with Crippen molar-refractivity contribution in [3.05, 3.63) is 52.9 Å². The molecule has 0 radical (unpaired) electrons. The normalized spacial score (nSPS) is 9.75. The molecule has 0 amide bonds. The summed E-state index contributed by atoms with van der Waals surface area (Å²) in [6.45, 7) is 0.568. The fourth-order valence-electron chi connectivity index (χ4n) is 1.30. The number of halogens is 1. The van der Waals surface area contributed by atoms with Gasteiger partial charge < -0.3 is 9.73 Å². The highest BCUT2D eigenvalue weighted by molar-refractivity contribution is 6.28. The second-order valence-electron chi connectivity index (χ2n) is 3.25. The van der Waals surface area contributed by atoms with Gasteiger partial charge >= 0.3 is 0 Å². The van der Waals surface area contributed by atoms with Gasteiger partial charge in [0.25, 0.3) is 0 Å². The number of nitrogens with zero attached hydrogens (tertiary/aromatic N) is 1. The maximum absolute atomic E-state index is 8.64. The maximum atomic E-state index is 8.64. The van der Waals surface area contributed by atoms with Gasteiger partial charge in [-0.2, -0.15) is 5.26 Å². The van der Waals surface area contributed by atoms with Gasteiger partial charge in [-0.15, -0.1) is 0 Å². The van der Waals surface area contributed by atoms with Gasteiger partial charge in [0.15, 0.2) is 5.22 Å². The van der Waals surface area contributed by atoms with Crippen LogP contribution in [0.2, 0.25) is 5.22 Å². The average Bonchev–Trinajstić information content (AvgIpc) is 2.73. The molecule has 0 aliphatic rings. The third-order valence-electron chi connectivity index (χ3n) is 2.11. The Morgan fingerprint density at radius 1 is 1.19 bits per heavy atom. The largest absolute Gasteiger partial charge is 0.448 e. The Labute approximate surface area is 98.3 Å². The summed E-state index contributed by atoms with van der Waals surface area (Å²) in [4.78, 5) is 0. The van der Waals surface area contributed by atoms with Gasteiger partial charge in [0, 0.05) is 5.69 Å². The molecule has 0 aliphatic heterocycles. The van der Waals surface area contributed by atoms with Crippen molar-refractivity contribution in [3.63, 3.8) is 0 Å². The van der Waals surface area contributed by atoms with Gasteiger partial charge in [-0.05, 0) is 48.0 Å². The van der Waals surface area contributed by atoms with Gasteiger partial charge in [-0.25, -0.2) is 0 Å². The molecule has 1 aromatic heterocycles. The predicted molar refractivity (Wildman–Crippen MR) is 62.2 cm³/mol. The quantitative estimate of drug-likeness (QED) is 0.882. The van der Waals surface area contributed by atoms with Gasteiger partial charge in [0.05, 0.1) is 18.2 Å². The summed E-state index contributed by atoms with van der Waals surface area (Å²) >= 11 is 5.65. The van der Waals surface area contributed by atoms with Crippen LogP contribution in [0.15, 0.2) is 40.8 Å². The summed E-state index contributed by atoms with van der Waals surface area (Å²) in [5.74, 6) is 0.773. The minimum atomic E-state index is 0.386. The Morgan fingerprint density at radius 3 is 2.50 bits per heavy atom. The third kappa shape index (κ3) is 2.56. The second-order valence-corrected chi connectivity index (χ2v) is 3.62. The maximum Gasteiger partial charge on any atom is 0.193 e. The Morgan fingerprint density at radius 2 is 1.94 bits per heavy atom. The molecule has 0 saturated carbocycles. The van der Waals surface area contributed by atoms with E-state index in [-0.39, 0.29) is 0 Å². The van der Waals surface area contributed by atoms with Crippen LogP contribution in [-0.2, 0) is 6.54 Å². The van der Waals surface area contributed by atoms with Gasteiger partial charge in [0.2, 0.25) is 0 Å². The molecular formula is C12H9ClN2O. The molecule has 16 heavy (non-hydrogen) atoms. The highest BCUT2D eigenvalue weighted by Gasteiger charge is 1.99. The van der Waals surface area contributed by atoms with Crippen molar-refractivity contribution in [2.45, 2.75) is 6.54 Å². The van der Waals surface area contributed by atoms with Crippen LogP contribution in [0, 0.1) is 11.3 Å². The minimum absolute atomic E-state index is 0.386. The van der Waals surface area contributed by atoms with E-state index in [1.54, 1.807) is 18.2 Å². The van der Waals surface area contributed by atoms with Crippen LogP contribution >= 0.6 is 11.6 Å². The average molecular weight is 233 g/mol. The molecule has 1 heterocycles. The number of rotatable bonds is 3. The van der Waals surface area contributed by atoms with Crippen LogP contribution in [0.3, 0.4) is 0 Å². The first-order chi connectivity index (χ1) is 7.78. The van der Waals surface area contributed by atoms with E-state index >= 15 is 0 Å². The van der Waals surface area contributed by atoms with E-state index in [1.807, 2.05) is 18.2 Å². The Bertz CT molecular complexity index is 511. The Kier molecular flexibility index (Phi) is 3.13. The smallest absolute Gasteiger partial charge is 0.193 e. The fraction of sp³-hybridized carbons (Fsp3) is 0.0833. The zero-order valence-electron chi connectivity index (χ0n) is 8.40. The van der Waals surface area contributed by atoms with Crippen molar-refractivity contribution in [2.75, 3.05) is 5.32 Å². The zero-order chi connectivity index (χ0) is 11.4. The van der Waals surface area contributed by atoms with Gasteiger partial charge in [-0.1, -0.05) is 0 Å². The number of anilines is 1. The van der Waals surface area contributed by atoms with E-state index in [4.69, 9.17) is 21.3 Å².